The molecule has 8 nitrogen and oxygen atoms in total. The largest absolute Gasteiger partial charge is 4.00 e. The molecule has 0 aromatic heterocycles. The Bertz CT molecular complexity index is 268. The van der Waals surface area contributed by atoms with E-state index < -0.39 is 23.9 Å². The molecule has 0 aromatic rings. The van der Waals surface area contributed by atoms with Crippen LogP contribution in [0.25, 0.3) is 0 Å². The van der Waals surface area contributed by atoms with Crippen molar-refractivity contribution in [3.8, 4) is 0 Å². The summed E-state index contributed by atoms with van der Waals surface area (Å²) in [4.78, 5) is 38.0. The number of carbonyl (C=O) groups is 4. The van der Waals surface area contributed by atoms with E-state index in [0.29, 0.717) is 25.7 Å². The third-order valence-electron chi connectivity index (χ3n) is 1.82. The molecule has 0 amide bonds. The SMILES string of the molecule is CCCC(=O)[O-].CCCC(=O)[O-].CCCC(=O)[O-].CCCC(=O)[O-].[Zr+4]. The normalized spacial score (nSPS) is 7.84. The van der Waals surface area contributed by atoms with Crippen molar-refractivity contribution in [2.75, 3.05) is 0 Å². The van der Waals surface area contributed by atoms with Gasteiger partial charge in [-0.15, -0.1) is 0 Å². The van der Waals surface area contributed by atoms with Crippen LogP contribution in [0, 0.1) is 0 Å². The molecule has 0 rings (SSSR count). The standard InChI is InChI=1S/4C4H8O2.Zr/c4*1-2-3-4(5)6;/h4*2-3H2,1H3,(H,5,6);/q;;;;+4/p-4. The zero-order valence-electron chi connectivity index (χ0n) is 15.4. The van der Waals surface area contributed by atoms with Crippen molar-refractivity contribution >= 4 is 23.9 Å². The van der Waals surface area contributed by atoms with E-state index in [9.17, 15) is 39.6 Å². The maximum Gasteiger partial charge on any atom is 4.00 e. The molecule has 0 fully saturated rings. The number of carboxylic acid groups (broad SMARTS) is 4. The second-order valence-electron chi connectivity index (χ2n) is 4.49. The van der Waals surface area contributed by atoms with E-state index in [2.05, 4.69) is 0 Å². The molecule has 0 N–H and O–H groups in total. The van der Waals surface area contributed by atoms with Crippen LogP contribution >= 0.6 is 0 Å². The van der Waals surface area contributed by atoms with E-state index in [4.69, 9.17) is 0 Å². The van der Waals surface area contributed by atoms with Gasteiger partial charge in [0.15, 0.2) is 0 Å². The summed E-state index contributed by atoms with van der Waals surface area (Å²) in [7, 11) is 0. The molecule has 9 heteroatoms. The first kappa shape index (κ1) is 35.0. The van der Waals surface area contributed by atoms with Crippen LogP contribution in [0.4, 0.5) is 0 Å². The summed E-state index contributed by atoms with van der Waals surface area (Å²) in [6, 6.07) is 0. The van der Waals surface area contributed by atoms with Crippen LogP contribution in [0.5, 0.6) is 0 Å². The van der Waals surface area contributed by atoms with E-state index in [0.717, 1.165) is 0 Å². The molecular formula is C16H28O8Zr. The van der Waals surface area contributed by atoms with Gasteiger partial charge >= 0.3 is 26.2 Å². The summed E-state index contributed by atoms with van der Waals surface area (Å²) in [6.45, 7) is 7.21. The maximum absolute atomic E-state index is 9.49. The quantitative estimate of drug-likeness (QED) is 0.425. The Morgan fingerprint density at radius 1 is 0.480 bits per heavy atom. The van der Waals surface area contributed by atoms with Gasteiger partial charge in [-0.1, -0.05) is 53.4 Å². The predicted octanol–water partition coefficient (Wildman–Crippen LogP) is -1.86. The monoisotopic (exact) mass is 438 g/mol. The zero-order valence-corrected chi connectivity index (χ0v) is 17.9. The van der Waals surface area contributed by atoms with Crippen LogP contribution in [0.2, 0.25) is 0 Å². The van der Waals surface area contributed by atoms with Gasteiger partial charge in [-0.3, -0.25) is 0 Å². The first-order valence-corrected chi connectivity index (χ1v) is 7.88. The minimum Gasteiger partial charge on any atom is -0.550 e. The van der Waals surface area contributed by atoms with Crippen molar-refractivity contribution in [2.24, 2.45) is 0 Å². The van der Waals surface area contributed by atoms with E-state index in [1.54, 1.807) is 27.7 Å². The van der Waals surface area contributed by atoms with Gasteiger partial charge in [0.25, 0.3) is 0 Å². The van der Waals surface area contributed by atoms with E-state index in [1.807, 2.05) is 0 Å². The van der Waals surface area contributed by atoms with Crippen molar-refractivity contribution in [3.05, 3.63) is 0 Å². The summed E-state index contributed by atoms with van der Waals surface area (Å²) < 4.78 is 0. The smallest absolute Gasteiger partial charge is 0.550 e. The third-order valence-corrected chi connectivity index (χ3v) is 1.82. The van der Waals surface area contributed by atoms with Crippen LogP contribution in [-0.4, -0.2) is 23.9 Å². The van der Waals surface area contributed by atoms with Crippen LogP contribution in [0.1, 0.15) is 79.1 Å². The van der Waals surface area contributed by atoms with Crippen molar-refractivity contribution in [1.82, 2.24) is 0 Å². The molecule has 144 valence electrons. The van der Waals surface area contributed by atoms with Gasteiger partial charge < -0.3 is 39.6 Å². The molecule has 0 atom stereocenters. The molecule has 0 saturated carbocycles. The summed E-state index contributed by atoms with van der Waals surface area (Å²) in [5.41, 5.74) is 0. The number of hydrogen-bond donors (Lipinski definition) is 0. The Hall–Kier alpha value is -1.24. The average Bonchev–Trinajstić information content (AvgIpc) is 2.39. The van der Waals surface area contributed by atoms with Crippen molar-refractivity contribution in [3.63, 3.8) is 0 Å². The minimum atomic E-state index is -0.961. The first-order chi connectivity index (χ1) is 11.1. The van der Waals surface area contributed by atoms with Gasteiger partial charge in [-0.2, -0.15) is 0 Å². The Kier molecular flexibility index (Phi) is 42.8. The van der Waals surface area contributed by atoms with Crippen molar-refractivity contribution in [1.29, 1.82) is 0 Å². The van der Waals surface area contributed by atoms with Gasteiger partial charge in [0.1, 0.15) is 0 Å². The average molecular weight is 440 g/mol. The summed E-state index contributed by atoms with van der Waals surface area (Å²) >= 11 is 0. The van der Waals surface area contributed by atoms with Gasteiger partial charge in [0.05, 0.1) is 0 Å². The molecule has 0 saturated heterocycles. The van der Waals surface area contributed by atoms with Gasteiger partial charge in [0, 0.05) is 23.9 Å². The number of rotatable bonds is 8. The summed E-state index contributed by atoms with van der Waals surface area (Å²) in [5.74, 6) is -3.84. The van der Waals surface area contributed by atoms with Crippen LogP contribution in [0.15, 0.2) is 0 Å². The molecule has 0 heterocycles. The van der Waals surface area contributed by atoms with Crippen LogP contribution in [-0.2, 0) is 45.4 Å². The van der Waals surface area contributed by atoms with Crippen molar-refractivity contribution in [2.45, 2.75) is 79.1 Å². The molecule has 0 aliphatic carbocycles. The fourth-order valence-corrected chi connectivity index (χ4v) is 0.816. The Morgan fingerprint density at radius 2 is 0.600 bits per heavy atom. The molecule has 0 aliphatic rings. The fraction of sp³-hybridized carbons (Fsp3) is 0.750. The number of hydrogen-bond acceptors (Lipinski definition) is 8. The Morgan fingerprint density at radius 3 is 0.600 bits per heavy atom. The summed E-state index contributed by atoms with van der Waals surface area (Å²) in [6.07, 6.45) is 3.40. The topological polar surface area (TPSA) is 161 Å². The van der Waals surface area contributed by atoms with E-state index >= 15 is 0 Å². The molecule has 0 spiro atoms. The van der Waals surface area contributed by atoms with Crippen molar-refractivity contribution < 1.29 is 65.8 Å². The van der Waals surface area contributed by atoms with Gasteiger partial charge in [-0.05, 0) is 25.7 Å². The van der Waals surface area contributed by atoms with Crippen LogP contribution in [0.3, 0.4) is 0 Å². The molecular weight excluding hydrogens is 411 g/mol. The molecule has 0 aromatic carbocycles. The second-order valence-corrected chi connectivity index (χ2v) is 4.49. The first-order valence-electron chi connectivity index (χ1n) is 7.88. The Balaban J connectivity index is -0.0000000702. The molecule has 0 radical (unpaired) electrons. The Labute approximate surface area is 168 Å². The van der Waals surface area contributed by atoms with E-state index in [1.165, 1.54) is 0 Å². The molecule has 0 bridgehead atoms. The number of aliphatic carboxylic acids is 4. The van der Waals surface area contributed by atoms with E-state index in [-0.39, 0.29) is 51.9 Å². The molecule has 0 aliphatic heterocycles. The zero-order chi connectivity index (χ0) is 20.0. The molecule has 25 heavy (non-hydrogen) atoms. The second kappa shape index (κ2) is 30.6. The number of carboxylic acids is 4. The van der Waals surface area contributed by atoms with Gasteiger partial charge in [-0.25, -0.2) is 0 Å². The maximum atomic E-state index is 9.49. The summed E-state index contributed by atoms with van der Waals surface area (Å²) in [5, 5.41) is 38.0. The minimum absolute atomic E-state index is 0. The predicted molar refractivity (Wildman–Crippen MR) is 79.7 cm³/mol. The van der Waals surface area contributed by atoms with Gasteiger partial charge in [0.2, 0.25) is 0 Å². The fourth-order valence-electron chi connectivity index (χ4n) is 0.816. The van der Waals surface area contributed by atoms with Crippen LogP contribution < -0.4 is 20.4 Å². The number of carbonyl (C=O) groups excluding carboxylic acids is 4. The third kappa shape index (κ3) is 84.7. The molecule has 0 unspecified atom stereocenters.